The van der Waals surface area contributed by atoms with E-state index >= 15 is 0 Å². The summed E-state index contributed by atoms with van der Waals surface area (Å²) in [6.45, 7) is 4.56. The molecular formula is C15H17ClN2O2. The molecule has 0 aliphatic heterocycles. The van der Waals surface area contributed by atoms with Crippen LogP contribution in [0.5, 0.6) is 0 Å². The highest BCUT2D eigenvalue weighted by atomic mass is 35.5. The van der Waals surface area contributed by atoms with Gasteiger partial charge in [-0.15, -0.1) is 0 Å². The average molecular weight is 293 g/mol. The Kier molecular flexibility index (Phi) is 6.08. The molecule has 0 aliphatic carbocycles. The van der Waals surface area contributed by atoms with Crippen molar-refractivity contribution in [3.63, 3.8) is 0 Å². The van der Waals surface area contributed by atoms with Crippen molar-refractivity contribution in [1.82, 2.24) is 0 Å². The van der Waals surface area contributed by atoms with Crippen molar-refractivity contribution in [2.24, 2.45) is 0 Å². The molecule has 0 radical (unpaired) electrons. The number of anilines is 1. The third kappa shape index (κ3) is 4.29. The zero-order valence-corrected chi connectivity index (χ0v) is 12.3. The molecule has 0 aromatic heterocycles. The van der Waals surface area contributed by atoms with Gasteiger partial charge in [0.25, 0.3) is 0 Å². The molecule has 0 amide bonds. The van der Waals surface area contributed by atoms with E-state index < -0.39 is 5.97 Å². The number of hydrogen-bond donors (Lipinski definition) is 1. The van der Waals surface area contributed by atoms with Gasteiger partial charge in [0.15, 0.2) is 0 Å². The molecule has 0 spiro atoms. The zero-order valence-electron chi connectivity index (χ0n) is 11.5. The quantitative estimate of drug-likeness (QED) is 0.814. The van der Waals surface area contributed by atoms with Gasteiger partial charge in [-0.3, -0.25) is 0 Å². The summed E-state index contributed by atoms with van der Waals surface area (Å²) in [5.41, 5.74) is 1.49. The fourth-order valence-electron chi connectivity index (χ4n) is 1.93. The first-order chi connectivity index (χ1) is 9.47. The third-order valence-electron chi connectivity index (χ3n) is 2.80. The first-order valence-corrected chi connectivity index (χ1v) is 6.68. The van der Waals surface area contributed by atoms with E-state index in [1.165, 1.54) is 6.08 Å². The molecule has 0 bridgehead atoms. The van der Waals surface area contributed by atoms with Crippen molar-refractivity contribution in [1.29, 1.82) is 5.26 Å². The Morgan fingerprint density at radius 3 is 2.80 bits per heavy atom. The summed E-state index contributed by atoms with van der Waals surface area (Å²) in [4.78, 5) is 12.7. The van der Waals surface area contributed by atoms with Crippen LogP contribution in [-0.4, -0.2) is 23.7 Å². The number of carbonyl (C=O) groups is 1. The van der Waals surface area contributed by atoms with E-state index in [0.29, 0.717) is 18.0 Å². The maximum Gasteiger partial charge on any atom is 0.328 e. The smallest absolute Gasteiger partial charge is 0.328 e. The minimum absolute atomic E-state index is 0.153. The zero-order chi connectivity index (χ0) is 15.1. The Bertz CT molecular complexity index is 547. The molecule has 0 atom stereocenters. The lowest BCUT2D eigenvalue weighted by atomic mass is 10.1. The van der Waals surface area contributed by atoms with E-state index in [-0.39, 0.29) is 6.04 Å². The van der Waals surface area contributed by atoms with Crippen LogP contribution in [0.25, 0.3) is 6.08 Å². The number of halogens is 1. The minimum Gasteiger partial charge on any atom is -0.478 e. The van der Waals surface area contributed by atoms with Crippen LogP contribution in [0.15, 0.2) is 24.3 Å². The monoisotopic (exact) mass is 292 g/mol. The molecule has 1 rings (SSSR count). The molecule has 0 unspecified atom stereocenters. The molecule has 1 N–H and O–H groups in total. The molecular weight excluding hydrogens is 276 g/mol. The van der Waals surface area contributed by atoms with Crippen molar-refractivity contribution in [2.75, 3.05) is 11.4 Å². The van der Waals surface area contributed by atoms with Gasteiger partial charge < -0.3 is 10.0 Å². The van der Waals surface area contributed by atoms with Crippen LogP contribution in [0.3, 0.4) is 0 Å². The van der Waals surface area contributed by atoms with Gasteiger partial charge in [0.2, 0.25) is 0 Å². The predicted molar refractivity (Wildman–Crippen MR) is 80.8 cm³/mol. The largest absolute Gasteiger partial charge is 0.478 e. The normalized spacial score (nSPS) is 10.8. The van der Waals surface area contributed by atoms with E-state index in [2.05, 4.69) is 6.07 Å². The van der Waals surface area contributed by atoms with Crippen LogP contribution < -0.4 is 4.90 Å². The second kappa shape index (κ2) is 7.56. The molecule has 20 heavy (non-hydrogen) atoms. The summed E-state index contributed by atoms with van der Waals surface area (Å²) in [6.07, 6.45) is 2.98. The molecule has 5 heteroatoms. The summed E-state index contributed by atoms with van der Waals surface area (Å²) in [7, 11) is 0. The van der Waals surface area contributed by atoms with Crippen molar-refractivity contribution in [3.05, 3.63) is 34.9 Å². The number of rotatable bonds is 6. The topological polar surface area (TPSA) is 64.3 Å². The van der Waals surface area contributed by atoms with Gasteiger partial charge in [0.05, 0.1) is 23.2 Å². The summed E-state index contributed by atoms with van der Waals surface area (Å²) in [5, 5.41) is 18.1. The molecule has 0 saturated heterocycles. The van der Waals surface area contributed by atoms with Gasteiger partial charge in [0.1, 0.15) is 0 Å². The summed E-state index contributed by atoms with van der Waals surface area (Å²) in [6, 6.07) is 7.61. The van der Waals surface area contributed by atoms with E-state index in [1.807, 2.05) is 24.8 Å². The number of carboxylic acids is 1. The van der Waals surface area contributed by atoms with Gasteiger partial charge in [-0.05, 0) is 31.6 Å². The molecule has 0 aliphatic rings. The molecule has 0 saturated carbocycles. The van der Waals surface area contributed by atoms with Crippen LogP contribution in [0.2, 0.25) is 5.02 Å². The minimum atomic E-state index is -1.01. The van der Waals surface area contributed by atoms with Gasteiger partial charge >= 0.3 is 5.97 Å². The van der Waals surface area contributed by atoms with E-state index in [9.17, 15) is 4.79 Å². The van der Waals surface area contributed by atoms with Crippen LogP contribution in [0, 0.1) is 11.3 Å². The SMILES string of the molecule is CC(C)N(CCC#N)c1c(Cl)cccc1/C=C/C(=O)O. The molecule has 106 valence electrons. The Labute approximate surface area is 123 Å². The Morgan fingerprint density at radius 1 is 1.55 bits per heavy atom. The molecule has 0 heterocycles. The number of aliphatic carboxylic acids is 1. The lowest BCUT2D eigenvalue weighted by Gasteiger charge is -2.30. The maximum atomic E-state index is 10.7. The lowest BCUT2D eigenvalue weighted by Crippen LogP contribution is -2.32. The van der Waals surface area contributed by atoms with E-state index in [1.54, 1.807) is 12.1 Å². The predicted octanol–water partition coefficient (Wildman–Crippen LogP) is 3.57. The Hall–Kier alpha value is -1.99. The highest BCUT2D eigenvalue weighted by Crippen LogP contribution is 2.32. The summed E-state index contributed by atoms with van der Waals surface area (Å²) < 4.78 is 0. The lowest BCUT2D eigenvalue weighted by molar-refractivity contribution is -0.131. The number of para-hydroxylation sites is 1. The van der Waals surface area contributed by atoms with Crippen molar-refractivity contribution in [3.8, 4) is 6.07 Å². The van der Waals surface area contributed by atoms with Crippen LogP contribution in [0.4, 0.5) is 5.69 Å². The first-order valence-electron chi connectivity index (χ1n) is 6.30. The van der Waals surface area contributed by atoms with Gasteiger partial charge in [-0.2, -0.15) is 5.26 Å². The number of benzene rings is 1. The van der Waals surface area contributed by atoms with Crippen LogP contribution >= 0.6 is 11.6 Å². The van der Waals surface area contributed by atoms with Crippen molar-refractivity contribution >= 4 is 29.3 Å². The fraction of sp³-hybridized carbons (Fsp3) is 0.333. The Morgan fingerprint density at radius 2 is 2.25 bits per heavy atom. The van der Waals surface area contributed by atoms with E-state index in [4.69, 9.17) is 22.0 Å². The molecule has 1 aromatic carbocycles. The Balaban J connectivity index is 3.25. The average Bonchev–Trinajstić information content (AvgIpc) is 2.38. The molecule has 1 aromatic rings. The highest BCUT2D eigenvalue weighted by Gasteiger charge is 2.16. The second-order valence-electron chi connectivity index (χ2n) is 4.54. The van der Waals surface area contributed by atoms with Crippen molar-refractivity contribution in [2.45, 2.75) is 26.3 Å². The molecule has 4 nitrogen and oxygen atoms in total. The number of nitrogens with zero attached hydrogens (tertiary/aromatic N) is 2. The second-order valence-corrected chi connectivity index (χ2v) is 4.95. The van der Waals surface area contributed by atoms with Crippen molar-refractivity contribution < 1.29 is 9.90 Å². The number of carboxylic acid groups (broad SMARTS) is 1. The highest BCUT2D eigenvalue weighted by molar-refractivity contribution is 6.33. The summed E-state index contributed by atoms with van der Waals surface area (Å²) >= 11 is 6.26. The van der Waals surface area contributed by atoms with Crippen LogP contribution in [-0.2, 0) is 4.79 Å². The number of hydrogen-bond acceptors (Lipinski definition) is 3. The number of nitriles is 1. The summed E-state index contributed by atoms with van der Waals surface area (Å²) in [5.74, 6) is -1.01. The van der Waals surface area contributed by atoms with E-state index in [0.717, 1.165) is 17.3 Å². The van der Waals surface area contributed by atoms with Gasteiger partial charge in [0, 0.05) is 18.7 Å². The van der Waals surface area contributed by atoms with Gasteiger partial charge in [-0.1, -0.05) is 23.7 Å². The van der Waals surface area contributed by atoms with Gasteiger partial charge in [-0.25, -0.2) is 4.79 Å². The maximum absolute atomic E-state index is 10.7. The standard InChI is InChI=1S/C15H17ClN2O2/c1-11(2)18(10-4-9-17)15-12(7-8-14(19)20)5-3-6-13(15)16/h3,5-8,11H,4,10H2,1-2H3,(H,19,20)/b8-7+. The third-order valence-corrected chi connectivity index (χ3v) is 3.10. The molecule has 0 fully saturated rings. The fourth-order valence-corrected chi connectivity index (χ4v) is 2.22. The van der Waals surface area contributed by atoms with Crippen LogP contribution in [0.1, 0.15) is 25.8 Å². The first kappa shape index (κ1) is 16.1.